The van der Waals surface area contributed by atoms with Crippen LogP contribution in [0.2, 0.25) is 0 Å². The Morgan fingerprint density at radius 2 is 1.55 bits per heavy atom. The molecule has 2 aromatic rings. The molecule has 38 heavy (non-hydrogen) atoms. The van der Waals surface area contributed by atoms with Crippen molar-refractivity contribution in [3.8, 4) is 5.75 Å². The number of rotatable bonds is 13. The summed E-state index contributed by atoms with van der Waals surface area (Å²) in [6.07, 6.45) is 4.66. The maximum Gasteiger partial charge on any atom is 0.342 e. The largest absolute Gasteiger partial charge is 0.497 e. The van der Waals surface area contributed by atoms with E-state index in [0.717, 1.165) is 48.3 Å². The summed E-state index contributed by atoms with van der Waals surface area (Å²) >= 11 is 1.71. The predicted molar refractivity (Wildman–Crippen MR) is 151 cm³/mol. The van der Waals surface area contributed by atoms with E-state index in [1.54, 1.807) is 38.8 Å². The lowest BCUT2D eigenvalue weighted by atomic mass is 10.0. The van der Waals surface area contributed by atoms with Crippen LogP contribution < -0.4 is 4.74 Å². The van der Waals surface area contributed by atoms with Crippen LogP contribution in [0.5, 0.6) is 5.75 Å². The number of hydrogen-bond acceptors (Lipinski definition) is 7. The number of esters is 2. The van der Waals surface area contributed by atoms with E-state index in [9.17, 15) is 14.2 Å². The van der Waals surface area contributed by atoms with E-state index in [2.05, 4.69) is 29.0 Å². The number of methoxy groups -OCH3 is 3. The molecule has 210 valence electrons. The zero-order valence-electron chi connectivity index (χ0n) is 22.7. The van der Waals surface area contributed by atoms with E-state index < -0.39 is 18.7 Å². The molecule has 0 spiro atoms. The second-order valence-electron chi connectivity index (χ2n) is 8.40. The van der Waals surface area contributed by atoms with Crippen molar-refractivity contribution in [3.63, 3.8) is 0 Å². The van der Waals surface area contributed by atoms with Crippen molar-refractivity contribution < 1.29 is 38.2 Å². The molecule has 0 unspecified atom stereocenters. The van der Waals surface area contributed by atoms with Gasteiger partial charge in [-0.25, -0.2) is 4.79 Å². The monoisotopic (exact) mass is 566 g/mol. The van der Waals surface area contributed by atoms with Gasteiger partial charge in [0.2, 0.25) is 0 Å². The van der Waals surface area contributed by atoms with Crippen LogP contribution in [0.1, 0.15) is 45.1 Å². The lowest BCUT2D eigenvalue weighted by molar-refractivity contribution is -0.144. The highest BCUT2D eigenvalue weighted by molar-refractivity contribution is 7.99. The van der Waals surface area contributed by atoms with Gasteiger partial charge in [0.25, 0.3) is 0 Å². The number of carbonyl (C=O) groups excluding carboxylic acids is 2. The number of thioether (sulfide) groups is 1. The van der Waals surface area contributed by atoms with Crippen molar-refractivity contribution in [1.82, 2.24) is 0 Å². The quantitative estimate of drug-likeness (QED) is 0.134. The second-order valence-corrected chi connectivity index (χ2v) is 11.4. The molecular weight excluding hydrogens is 527 g/mol. The van der Waals surface area contributed by atoms with Gasteiger partial charge in [0.1, 0.15) is 5.75 Å². The molecule has 0 fully saturated rings. The van der Waals surface area contributed by atoms with Gasteiger partial charge in [-0.3, -0.25) is 9.36 Å². The molecule has 0 amide bonds. The highest BCUT2D eigenvalue weighted by Gasteiger charge is 2.51. The van der Waals surface area contributed by atoms with Crippen molar-refractivity contribution >= 4 is 31.3 Å². The van der Waals surface area contributed by atoms with Gasteiger partial charge in [-0.15, -0.1) is 11.8 Å². The summed E-state index contributed by atoms with van der Waals surface area (Å²) in [5.74, 6) is 0.490. The molecule has 0 heterocycles. The van der Waals surface area contributed by atoms with Crippen LogP contribution in [0, 0.1) is 0 Å². The third-order valence-electron chi connectivity index (χ3n) is 6.11. The highest BCUT2D eigenvalue weighted by Crippen LogP contribution is 2.55. The van der Waals surface area contributed by atoms with Crippen molar-refractivity contribution in [2.75, 3.05) is 27.1 Å². The number of hydrogen-bond donors (Lipinski definition) is 2. The molecule has 10 heteroatoms. The molecule has 0 aliphatic rings. The first-order valence-electron chi connectivity index (χ1n) is 12.3. The van der Waals surface area contributed by atoms with Gasteiger partial charge in [0.15, 0.2) is 5.16 Å². The van der Waals surface area contributed by atoms with Gasteiger partial charge < -0.3 is 24.0 Å². The number of benzene rings is 2. The van der Waals surface area contributed by atoms with Gasteiger partial charge in [0.05, 0.1) is 21.3 Å². The molecule has 2 N–H and O–H groups in total. The Kier molecular flexibility index (Phi) is 15.0. The fourth-order valence-corrected chi connectivity index (χ4v) is 5.74. The molecule has 0 bridgehead atoms. The Labute approximate surface area is 229 Å². The first-order valence-corrected chi connectivity index (χ1v) is 14.9. The van der Waals surface area contributed by atoms with Crippen LogP contribution in [-0.4, -0.2) is 54.0 Å². The zero-order chi connectivity index (χ0) is 28.6. The molecule has 0 aliphatic heterocycles. The minimum absolute atomic E-state index is 0.0699. The Bertz CT molecular complexity index is 1060. The number of ether oxygens (including phenoxy) is 3. The first kappa shape index (κ1) is 33.4. The van der Waals surface area contributed by atoms with E-state index >= 15 is 0 Å². The maximum absolute atomic E-state index is 11.6. The molecule has 8 nitrogen and oxygen atoms in total. The average Bonchev–Trinajstić information content (AvgIpc) is 2.92. The summed E-state index contributed by atoms with van der Waals surface area (Å²) in [5.41, 5.74) is 2.42. The lowest BCUT2D eigenvalue weighted by Gasteiger charge is -2.28. The van der Waals surface area contributed by atoms with Crippen LogP contribution in [0.4, 0.5) is 0 Å². The highest BCUT2D eigenvalue weighted by atomic mass is 32.2. The van der Waals surface area contributed by atoms with Gasteiger partial charge in [-0.05, 0) is 61.9 Å². The molecular formula is C28H39O8PS. The van der Waals surface area contributed by atoms with Gasteiger partial charge >= 0.3 is 19.5 Å². The standard InChI is InChI=1S/C21H24O3S.C7H15O5P/c1-23-19-11-13-20(14-12-19)25-16-18(15-21(22)24-2)10-6-9-17-7-4-3-5-8-17;1-4-7(5-2,6(8)12-3)13(9,10)11/h3-5,7-8,11-15H,6,9-10,16H2,1-2H3;4-5H2,1-3H3,(H2,9,10,11). The van der Waals surface area contributed by atoms with Crippen molar-refractivity contribution in [1.29, 1.82) is 0 Å². The fraction of sp³-hybridized carbons (Fsp3) is 0.429. The summed E-state index contributed by atoms with van der Waals surface area (Å²) in [5, 5.41) is -1.66. The molecule has 2 rings (SSSR count). The van der Waals surface area contributed by atoms with E-state index in [4.69, 9.17) is 19.3 Å². The third kappa shape index (κ3) is 10.7. The van der Waals surface area contributed by atoms with Gasteiger partial charge in [-0.2, -0.15) is 0 Å². The van der Waals surface area contributed by atoms with Crippen LogP contribution in [-0.2, 0) is 30.0 Å². The fourth-order valence-electron chi connectivity index (χ4n) is 3.68. The topological polar surface area (TPSA) is 119 Å². The lowest BCUT2D eigenvalue weighted by Crippen LogP contribution is -2.38. The normalized spacial score (nSPS) is 11.7. The van der Waals surface area contributed by atoms with Crippen LogP contribution in [0.15, 0.2) is 71.1 Å². The number of carbonyl (C=O) groups is 2. The minimum Gasteiger partial charge on any atom is -0.497 e. The summed E-state index contributed by atoms with van der Waals surface area (Å²) in [7, 11) is -0.258. The Morgan fingerprint density at radius 1 is 0.947 bits per heavy atom. The molecule has 2 aromatic carbocycles. The molecule has 0 aliphatic carbocycles. The molecule has 0 radical (unpaired) electrons. The second kappa shape index (κ2) is 17.1. The Morgan fingerprint density at radius 3 is 2.00 bits per heavy atom. The van der Waals surface area contributed by atoms with E-state index in [1.165, 1.54) is 12.7 Å². The summed E-state index contributed by atoms with van der Waals surface area (Å²) in [6, 6.07) is 18.4. The molecule has 0 atom stereocenters. The molecule has 0 aromatic heterocycles. The summed E-state index contributed by atoms with van der Waals surface area (Å²) < 4.78 is 25.5. The van der Waals surface area contributed by atoms with Crippen LogP contribution >= 0.6 is 19.4 Å². The summed E-state index contributed by atoms with van der Waals surface area (Å²) in [4.78, 5) is 42.1. The van der Waals surface area contributed by atoms with Crippen molar-refractivity contribution in [2.45, 2.75) is 56.0 Å². The van der Waals surface area contributed by atoms with Crippen molar-refractivity contribution in [2.24, 2.45) is 0 Å². The number of aryl methyl sites for hydroxylation is 1. The minimum atomic E-state index is -4.45. The Balaban J connectivity index is 0.000000471. The molecule has 0 saturated carbocycles. The van der Waals surface area contributed by atoms with E-state index in [-0.39, 0.29) is 18.8 Å². The third-order valence-corrected chi connectivity index (χ3v) is 9.16. The van der Waals surface area contributed by atoms with Crippen LogP contribution in [0.3, 0.4) is 0 Å². The Hall–Kier alpha value is -2.58. The SMILES string of the molecule is CCC(CC)(C(=O)OC)P(=O)(O)O.COC(=O)C=C(CCCc1ccccc1)CSc1ccc(OC)cc1. The smallest absolute Gasteiger partial charge is 0.342 e. The predicted octanol–water partition coefficient (Wildman–Crippen LogP) is 5.81. The molecule has 0 saturated heterocycles. The van der Waals surface area contributed by atoms with Crippen LogP contribution in [0.25, 0.3) is 0 Å². The van der Waals surface area contributed by atoms with E-state index in [0.29, 0.717) is 0 Å². The van der Waals surface area contributed by atoms with Crippen molar-refractivity contribution in [3.05, 3.63) is 71.8 Å². The average molecular weight is 567 g/mol. The maximum atomic E-state index is 11.6. The summed E-state index contributed by atoms with van der Waals surface area (Å²) in [6.45, 7) is 3.11. The van der Waals surface area contributed by atoms with E-state index in [1.807, 2.05) is 30.3 Å². The van der Waals surface area contributed by atoms with Gasteiger partial charge in [0, 0.05) is 16.7 Å². The first-order chi connectivity index (χ1) is 18.1. The zero-order valence-corrected chi connectivity index (χ0v) is 24.4. The van der Waals surface area contributed by atoms with Gasteiger partial charge in [-0.1, -0.05) is 49.8 Å².